The zero-order valence-electron chi connectivity index (χ0n) is 26.3. The first-order chi connectivity index (χ1) is 23.2. The number of phenolic OH excluding ortho intramolecular Hbond substituents is 1. The molecule has 248 valence electrons. The normalized spacial score (nSPS) is 22.6. The Kier molecular flexibility index (Phi) is 9.70. The molecule has 0 bridgehead atoms. The number of hydrogen-bond acceptors (Lipinski definition) is 6. The first kappa shape index (κ1) is 32.3. The van der Waals surface area contributed by atoms with Gasteiger partial charge >= 0.3 is 0 Å². The van der Waals surface area contributed by atoms with Gasteiger partial charge in [-0.25, -0.2) is 0 Å². The predicted molar refractivity (Wildman–Crippen MR) is 177 cm³/mol. The summed E-state index contributed by atoms with van der Waals surface area (Å²) in [7, 11) is 0. The maximum atomic E-state index is 14.0. The number of para-hydroxylation sites is 1. The smallest absolute Gasteiger partial charge is 0.246 e. The topological polar surface area (TPSA) is 173 Å². The summed E-state index contributed by atoms with van der Waals surface area (Å²) in [6.45, 7) is -0.132. The van der Waals surface area contributed by atoms with Crippen LogP contribution in [-0.2, 0) is 43.2 Å². The lowest BCUT2D eigenvalue weighted by Gasteiger charge is -2.30. The summed E-state index contributed by atoms with van der Waals surface area (Å²) >= 11 is 0. The molecule has 5 amide bonds. The van der Waals surface area contributed by atoms with Gasteiger partial charge in [-0.3, -0.25) is 24.0 Å². The van der Waals surface area contributed by atoms with Gasteiger partial charge < -0.3 is 36.3 Å². The Morgan fingerprint density at radius 1 is 0.688 bits per heavy atom. The van der Waals surface area contributed by atoms with Crippen molar-refractivity contribution in [3.63, 3.8) is 0 Å². The molecule has 3 heterocycles. The summed E-state index contributed by atoms with van der Waals surface area (Å²) in [4.78, 5) is 73.3. The Balaban J connectivity index is 1.33. The molecule has 0 radical (unpaired) electrons. The molecule has 0 saturated carbocycles. The quantitative estimate of drug-likeness (QED) is 0.185. The largest absolute Gasteiger partial charge is 0.508 e. The van der Waals surface area contributed by atoms with Crippen LogP contribution in [0, 0.1) is 0 Å². The van der Waals surface area contributed by atoms with Crippen molar-refractivity contribution in [3.8, 4) is 5.75 Å². The standard InChI is InChI=1S/C36H38N6O6/c43-25-14-12-23(13-15-25)18-30-36(48)42-16-6-11-31(42)35(47)41-29(19-24-20-37-27-10-5-4-9-26(24)27)34(46)40-28(17-22-7-2-1-3-8-22)33(45)38-21-32(44)39-30/h1-5,7-10,12-15,20,28-31,37,43H,6,11,16-19,21H2,(H,38,45)(H,39,44)(H,40,46)(H,41,47)/t28-,29-,30+,31+/m1/s1. The molecule has 0 unspecified atom stereocenters. The van der Waals surface area contributed by atoms with Crippen LogP contribution < -0.4 is 21.3 Å². The number of carbonyl (C=O) groups excluding carboxylic acids is 5. The Morgan fingerprint density at radius 3 is 2.15 bits per heavy atom. The highest BCUT2D eigenvalue weighted by Crippen LogP contribution is 2.23. The fraction of sp³-hybridized carbons (Fsp3) is 0.306. The molecule has 2 aliphatic heterocycles. The zero-order valence-corrected chi connectivity index (χ0v) is 26.3. The Morgan fingerprint density at radius 2 is 1.35 bits per heavy atom. The van der Waals surface area contributed by atoms with Gasteiger partial charge in [-0.1, -0.05) is 60.7 Å². The maximum Gasteiger partial charge on any atom is 0.246 e. The molecule has 2 fully saturated rings. The van der Waals surface area contributed by atoms with Crippen LogP contribution in [0.15, 0.2) is 85.1 Å². The average molecular weight is 651 g/mol. The molecule has 6 N–H and O–H groups in total. The minimum atomic E-state index is -1.07. The number of benzene rings is 3. The second kappa shape index (κ2) is 14.4. The van der Waals surface area contributed by atoms with Crippen LogP contribution in [0.1, 0.15) is 29.5 Å². The Bertz CT molecular complexity index is 1810. The van der Waals surface area contributed by atoms with E-state index in [4.69, 9.17) is 0 Å². The van der Waals surface area contributed by atoms with Gasteiger partial charge in [0.25, 0.3) is 0 Å². The van der Waals surface area contributed by atoms with Crippen LogP contribution in [0.5, 0.6) is 5.75 Å². The molecular formula is C36H38N6O6. The van der Waals surface area contributed by atoms with Gasteiger partial charge in [0, 0.05) is 42.9 Å². The lowest BCUT2D eigenvalue weighted by atomic mass is 10.0. The van der Waals surface area contributed by atoms with Crippen molar-refractivity contribution in [1.29, 1.82) is 0 Å². The maximum absolute atomic E-state index is 14.0. The number of carbonyl (C=O) groups is 5. The van der Waals surface area contributed by atoms with E-state index >= 15 is 0 Å². The van der Waals surface area contributed by atoms with E-state index in [1.165, 1.54) is 17.0 Å². The molecule has 12 heteroatoms. The summed E-state index contributed by atoms with van der Waals surface area (Å²) in [5, 5.41) is 21.7. The average Bonchev–Trinajstić information content (AvgIpc) is 3.75. The van der Waals surface area contributed by atoms with E-state index in [9.17, 15) is 29.1 Å². The highest BCUT2D eigenvalue weighted by atomic mass is 16.3. The zero-order chi connectivity index (χ0) is 33.6. The van der Waals surface area contributed by atoms with E-state index in [-0.39, 0.29) is 25.0 Å². The van der Waals surface area contributed by atoms with Crippen molar-refractivity contribution >= 4 is 40.4 Å². The van der Waals surface area contributed by atoms with Crippen LogP contribution in [0.3, 0.4) is 0 Å². The van der Waals surface area contributed by atoms with Crippen LogP contribution in [0.4, 0.5) is 0 Å². The minimum absolute atomic E-state index is 0.0607. The number of H-pyrrole nitrogens is 1. The first-order valence-electron chi connectivity index (χ1n) is 16.1. The molecule has 12 nitrogen and oxygen atoms in total. The van der Waals surface area contributed by atoms with Gasteiger partial charge in [0.1, 0.15) is 29.9 Å². The minimum Gasteiger partial charge on any atom is -0.508 e. The van der Waals surface area contributed by atoms with E-state index in [2.05, 4.69) is 26.3 Å². The third-order valence-corrected chi connectivity index (χ3v) is 8.92. The van der Waals surface area contributed by atoms with Crippen LogP contribution in [0.25, 0.3) is 10.9 Å². The molecule has 4 aromatic rings. The number of nitrogens with one attached hydrogen (secondary N) is 5. The second-order valence-corrected chi connectivity index (χ2v) is 12.3. The number of nitrogens with zero attached hydrogens (tertiary/aromatic N) is 1. The number of aromatic amines is 1. The summed E-state index contributed by atoms with van der Waals surface area (Å²) in [6.07, 6.45) is 3.12. The van der Waals surface area contributed by atoms with E-state index in [1.54, 1.807) is 18.3 Å². The number of fused-ring (bicyclic) bond motifs is 2. The number of phenols is 1. The molecular weight excluding hydrogens is 612 g/mol. The molecule has 6 rings (SSSR count). The number of hydrogen-bond donors (Lipinski definition) is 6. The van der Waals surface area contributed by atoms with E-state index in [1.807, 2.05) is 54.6 Å². The number of amides is 5. The fourth-order valence-electron chi connectivity index (χ4n) is 6.44. The highest BCUT2D eigenvalue weighted by Gasteiger charge is 2.39. The summed E-state index contributed by atoms with van der Waals surface area (Å²) in [6, 6.07) is 19.1. The van der Waals surface area contributed by atoms with Crippen LogP contribution >= 0.6 is 0 Å². The van der Waals surface area contributed by atoms with Crippen molar-refractivity contribution in [2.45, 2.75) is 56.3 Å². The lowest BCUT2D eigenvalue weighted by Crippen LogP contribution is -2.58. The highest BCUT2D eigenvalue weighted by molar-refractivity contribution is 5.98. The van der Waals surface area contributed by atoms with Crippen molar-refractivity contribution in [2.24, 2.45) is 0 Å². The van der Waals surface area contributed by atoms with Gasteiger partial charge in [0.2, 0.25) is 29.5 Å². The number of rotatable bonds is 6. The van der Waals surface area contributed by atoms with Crippen molar-refractivity contribution < 1.29 is 29.1 Å². The van der Waals surface area contributed by atoms with Crippen molar-refractivity contribution in [2.75, 3.05) is 13.1 Å². The predicted octanol–water partition coefficient (Wildman–Crippen LogP) is 1.48. The molecule has 1 aromatic heterocycles. The SMILES string of the molecule is O=C1CNC(=O)[C@@H](Cc2ccccc2)NC(=O)[C@@H](Cc2c[nH]c3ccccc23)NC(=O)[C@@H]2CCCN2C(=O)[C@H](Cc2ccc(O)cc2)N1. The molecule has 2 saturated heterocycles. The Labute approximate surface area is 277 Å². The van der Waals surface area contributed by atoms with Gasteiger partial charge in [-0.2, -0.15) is 0 Å². The number of aromatic nitrogens is 1. The van der Waals surface area contributed by atoms with Gasteiger partial charge in [-0.15, -0.1) is 0 Å². The molecule has 2 aliphatic rings. The van der Waals surface area contributed by atoms with Crippen molar-refractivity contribution in [3.05, 3.63) is 102 Å². The van der Waals surface area contributed by atoms with Crippen LogP contribution in [-0.4, -0.2) is 81.8 Å². The summed E-state index contributed by atoms with van der Waals surface area (Å²) in [5.41, 5.74) is 3.15. The molecule has 0 spiro atoms. The number of aromatic hydroxyl groups is 1. The van der Waals surface area contributed by atoms with E-state index < -0.39 is 60.2 Å². The molecule has 0 aliphatic carbocycles. The molecule has 4 atom stereocenters. The first-order valence-corrected chi connectivity index (χ1v) is 16.1. The third-order valence-electron chi connectivity index (χ3n) is 8.92. The molecule has 3 aromatic carbocycles. The van der Waals surface area contributed by atoms with Crippen LogP contribution in [0.2, 0.25) is 0 Å². The monoisotopic (exact) mass is 650 g/mol. The second-order valence-electron chi connectivity index (χ2n) is 12.3. The van der Waals surface area contributed by atoms with Gasteiger partial charge in [-0.05, 0) is 47.7 Å². The summed E-state index contributed by atoms with van der Waals surface area (Å²) in [5.74, 6) is -2.63. The summed E-state index contributed by atoms with van der Waals surface area (Å²) < 4.78 is 0. The van der Waals surface area contributed by atoms with Gasteiger partial charge in [0.15, 0.2) is 0 Å². The third kappa shape index (κ3) is 7.49. The molecule has 48 heavy (non-hydrogen) atoms. The van der Waals surface area contributed by atoms with Gasteiger partial charge in [0.05, 0.1) is 6.54 Å². The fourth-order valence-corrected chi connectivity index (χ4v) is 6.44. The van der Waals surface area contributed by atoms with Crippen molar-refractivity contribution in [1.82, 2.24) is 31.2 Å². The lowest BCUT2D eigenvalue weighted by molar-refractivity contribution is -0.142. The van der Waals surface area contributed by atoms with E-state index in [0.29, 0.717) is 24.9 Å². The van der Waals surface area contributed by atoms with E-state index in [0.717, 1.165) is 22.0 Å². The Hall–Kier alpha value is -5.65.